The molecule has 1 aliphatic heterocycles. The molecule has 0 spiro atoms. The van der Waals surface area contributed by atoms with Gasteiger partial charge in [-0.2, -0.15) is 26.3 Å². The molecule has 3 rings (SSSR count). The topological polar surface area (TPSA) is 34.6 Å². The van der Waals surface area contributed by atoms with E-state index in [4.69, 9.17) is 14.5 Å². The Kier molecular flexibility index (Phi) is 11.0. The number of hydrogen-bond acceptors (Lipinski definition) is 4. The highest BCUT2D eigenvalue weighted by Crippen LogP contribution is 2.41. The summed E-state index contributed by atoms with van der Waals surface area (Å²) in [5, 5.41) is 0. The summed E-state index contributed by atoms with van der Waals surface area (Å²) in [6, 6.07) is 4.64. The molecule has 1 aromatic carbocycles. The lowest BCUT2D eigenvalue weighted by Crippen LogP contribution is -2.39. The summed E-state index contributed by atoms with van der Waals surface area (Å²) in [5.41, 5.74) is -0.0929. The van der Waals surface area contributed by atoms with Gasteiger partial charge in [0.25, 0.3) is 0 Å². The van der Waals surface area contributed by atoms with E-state index in [9.17, 15) is 26.3 Å². The van der Waals surface area contributed by atoms with E-state index in [-0.39, 0.29) is 36.4 Å². The van der Waals surface area contributed by atoms with Crippen LogP contribution >= 0.6 is 0 Å². The molecule has 2 aromatic rings. The molecule has 0 bridgehead atoms. The van der Waals surface area contributed by atoms with Crippen molar-refractivity contribution >= 4 is 11.6 Å². The van der Waals surface area contributed by atoms with Crippen LogP contribution in [0.15, 0.2) is 78.7 Å². The van der Waals surface area contributed by atoms with Gasteiger partial charge in [0.1, 0.15) is 11.9 Å². The summed E-state index contributed by atoms with van der Waals surface area (Å²) in [4.78, 5) is 6.48. The molecule has 2 atom stereocenters. The minimum Gasteiger partial charge on any atom is -0.501 e. The van der Waals surface area contributed by atoms with Crippen LogP contribution in [0.1, 0.15) is 80.8 Å². The lowest BCUT2D eigenvalue weighted by molar-refractivity contribution is -0.143. The van der Waals surface area contributed by atoms with Gasteiger partial charge in [-0.05, 0) is 79.8 Å². The lowest BCUT2D eigenvalue weighted by Gasteiger charge is -2.41. The molecule has 0 radical (unpaired) electrons. The van der Waals surface area contributed by atoms with E-state index in [0.717, 1.165) is 0 Å². The van der Waals surface area contributed by atoms with Gasteiger partial charge >= 0.3 is 12.4 Å². The van der Waals surface area contributed by atoms with Crippen LogP contribution in [0, 0.1) is 5.92 Å². The van der Waals surface area contributed by atoms with Gasteiger partial charge in [-0.1, -0.05) is 38.6 Å². The van der Waals surface area contributed by atoms with Crippen LogP contribution in [0.3, 0.4) is 0 Å². The van der Waals surface area contributed by atoms with Crippen molar-refractivity contribution in [3.05, 3.63) is 112 Å². The minimum absolute atomic E-state index is 0.0659. The van der Waals surface area contributed by atoms with Crippen molar-refractivity contribution in [3.63, 3.8) is 0 Å². The van der Waals surface area contributed by atoms with Gasteiger partial charge in [0.15, 0.2) is 5.88 Å². The largest absolute Gasteiger partial charge is 0.501 e. The molecule has 1 saturated heterocycles. The second kappa shape index (κ2) is 14.0. The van der Waals surface area contributed by atoms with Crippen molar-refractivity contribution in [3.8, 4) is 0 Å². The van der Waals surface area contributed by atoms with Crippen molar-refractivity contribution in [2.75, 3.05) is 7.11 Å². The first-order valence-electron chi connectivity index (χ1n) is 14.2. The summed E-state index contributed by atoms with van der Waals surface area (Å²) in [5.74, 6) is -0.136. The standard InChI is InChI=1S/C34H37F7N2O2/c1-19(2)28(29(35)14-22(6)44-8)11-9-24-10-12-30(20(3)4)42-31(24)18-43-21(5)13-32(45-23(43)7)25-15-26(33(36,37)38)17-27(16-25)34(39,40)41/h9-12,14-17,19,21,32H,3,7,13,18H2,1-2,4-6,8H3/b11-9+,22-14+,29-28-. The molecule has 0 N–H and O–H groups in total. The Morgan fingerprint density at radius 2 is 1.69 bits per heavy atom. The van der Waals surface area contributed by atoms with E-state index in [2.05, 4.69) is 13.2 Å². The van der Waals surface area contributed by atoms with Crippen LogP contribution in [0.2, 0.25) is 0 Å². The molecule has 11 heteroatoms. The molecule has 1 fully saturated rings. The molecule has 4 nitrogen and oxygen atoms in total. The van der Waals surface area contributed by atoms with Gasteiger partial charge in [-0.25, -0.2) is 4.39 Å². The van der Waals surface area contributed by atoms with Gasteiger partial charge in [0.05, 0.1) is 41.9 Å². The molecule has 45 heavy (non-hydrogen) atoms. The number of benzene rings is 1. The summed E-state index contributed by atoms with van der Waals surface area (Å²) < 4.78 is 107. The number of ether oxygens (including phenoxy) is 2. The Morgan fingerprint density at radius 1 is 1.09 bits per heavy atom. The maximum absolute atomic E-state index is 15.0. The SMILES string of the molecule is C=C(C)c1ccc(/C=C/C(=C(F)\C=C(/C)OC)C(C)C)c(CN2C(=C)OC(c3cc(C(F)(F)F)cc(C(F)(F)F)c3)CC2C)n1. The van der Waals surface area contributed by atoms with Gasteiger partial charge in [-0.3, -0.25) is 4.98 Å². The van der Waals surface area contributed by atoms with Gasteiger partial charge in [-0.15, -0.1) is 0 Å². The van der Waals surface area contributed by atoms with E-state index in [1.54, 1.807) is 43.9 Å². The molecule has 0 amide bonds. The number of aromatic nitrogens is 1. The average Bonchev–Trinajstić information content (AvgIpc) is 2.93. The third kappa shape index (κ3) is 9.02. The van der Waals surface area contributed by atoms with Crippen molar-refractivity contribution in [1.29, 1.82) is 0 Å². The summed E-state index contributed by atoms with van der Waals surface area (Å²) in [6.45, 7) is 16.9. The monoisotopic (exact) mass is 638 g/mol. The number of methoxy groups -OCH3 is 1. The number of allylic oxidation sites excluding steroid dienone is 6. The molecule has 2 heterocycles. The van der Waals surface area contributed by atoms with Crippen molar-refractivity contribution in [2.45, 2.75) is 72.1 Å². The summed E-state index contributed by atoms with van der Waals surface area (Å²) in [6.07, 6.45) is -6.26. The number of hydrogen-bond donors (Lipinski definition) is 0. The Morgan fingerprint density at radius 3 is 2.18 bits per heavy atom. The normalized spacial score (nSPS) is 18.8. The fourth-order valence-electron chi connectivity index (χ4n) is 4.81. The molecule has 2 unspecified atom stereocenters. The Hall–Kier alpha value is -4.02. The zero-order valence-electron chi connectivity index (χ0n) is 26.0. The highest BCUT2D eigenvalue weighted by Gasteiger charge is 2.39. The molecule has 0 aliphatic carbocycles. The van der Waals surface area contributed by atoms with E-state index < -0.39 is 41.5 Å². The second-order valence-corrected chi connectivity index (χ2v) is 11.3. The molecule has 1 aliphatic rings. The Bertz CT molecular complexity index is 1490. The number of nitrogens with zero attached hydrogens (tertiary/aromatic N) is 2. The summed E-state index contributed by atoms with van der Waals surface area (Å²) in [7, 11) is 1.45. The summed E-state index contributed by atoms with van der Waals surface area (Å²) >= 11 is 0. The van der Waals surface area contributed by atoms with Crippen LogP contribution in [-0.4, -0.2) is 23.0 Å². The lowest BCUT2D eigenvalue weighted by atomic mass is 9.95. The molecule has 244 valence electrons. The second-order valence-electron chi connectivity index (χ2n) is 11.3. The average molecular weight is 639 g/mol. The fourth-order valence-corrected chi connectivity index (χ4v) is 4.81. The van der Waals surface area contributed by atoms with Crippen molar-refractivity contribution < 1.29 is 40.2 Å². The first-order valence-corrected chi connectivity index (χ1v) is 14.2. The predicted octanol–water partition coefficient (Wildman–Crippen LogP) is 10.4. The highest BCUT2D eigenvalue weighted by molar-refractivity contribution is 5.62. The quantitative estimate of drug-likeness (QED) is 0.156. The fraction of sp³-hybridized carbons (Fsp3) is 0.382. The van der Waals surface area contributed by atoms with E-state index in [0.29, 0.717) is 46.0 Å². The minimum atomic E-state index is -4.98. The van der Waals surface area contributed by atoms with Crippen LogP contribution in [0.25, 0.3) is 11.6 Å². The van der Waals surface area contributed by atoms with E-state index >= 15 is 4.39 Å². The van der Waals surface area contributed by atoms with Crippen LogP contribution < -0.4 is 0 Å². The number of pyridine rings is 1. The molecular formula is C34H37F7N2O2. The van der Waals surface area contributed by atoms with Crippen molar-refractivity contribution in [2.24, 2.45) is 5.92 Å². The molecule has 0 saturated carbocycles. The van der Waals surface area contributed by atoms with Crippen LogP contribution in [0.4, 0.5) is 30.7 Å². The van der Waals surface area contributed by atoms with Gasteiger partial charge in [0, 0.05) is 18.5 Å². The zero-order valence-corrected chi connectivity index (χ0v) is 26.0. The van der Waals surface area contributed by atoms with Crippen molar-refractivity contribution in [1.82, 2.24) is 9.88 Å². The Balaban J connectivity index is 1.97. The highest BCUT2D eigenvalue weighted by atomic mass is 19.4. The van der Waals surface area contributed by atoms with E-state index in [1.165, 1.54) is 13.2 Å². The zero-order chi connectivity index (χ0) is 33.9. The molecular weight excluding hydrogens is 601 g/mol. The van der Waals surface area contributed by atoms with Gasteiger partial charge < -0.3 is 14.4 Å². The maximum atomic E-state index is 15.0. The number of alkyl halides is 6. The third-order valence-corrected chi connectivity index (χ3v) is 7.43. The number of halogens is 7. The maximum Gasteiger partial charge on any atom is 0.416 e. The smallest absolute Gasteiger partial charge is 0.416 e. The molecule has 1 aromatic heterocycles. The van der Waals surface area contributed by atoms with E-state index in [1.807, 2.05) is 19.9 Å². The predicted molar refractivity (Wildman–Crippen MR) is 161 cm³/mol. The third-order valence-electron chi connectivity index (χ3n) is 7.43. The number of rotatable bonds is 9. The Labute approximate surface area is 259 Å². The van der Waals surface area contributed by atoms with Gasteiger partial charge in [0.2, 0.25) is 0 Å². The van der Waals surface area contributed by atoms with Crippen LogP contribution in [0.5, 0.6) is 0 Å². The van der Waals surface area contributed by atoms with Crippen LogP contribution in [-0.2, 0) is 28.4 Å². The first-order chi connectivity index (χ1) is 20.8. The first kappa shape index (κ1) is 35.5.